The number of amidine groups is 1. The number of aromatic amines is 1. The summed E-state index contributed by atoms with van der Waals surface area (Å²) in [5.74, 6) is 1.11. The molecule has 2 fully saturated rings. The first kappa shape index (κ1) is 16.4. The van der Waals surface area contributed by atoms with Crippen molar-refractivity contribution in [2.24, 2.45) is 4.99 Å². The quantitative estimate of drug-likeness (QED) is 0.661. The summed E-state index contributed by atoms with van der Waals surface area (Å²) < 4.78 is 0. The van der Waals surface area contributed by atoms with Crippen LogP contribution < -0.4 is 10.5 Å². The summed E-state index contributed by atoms with van der Waals surface area (Å²) in [4.78, 5) is 37.0. The van der Waals surface area contributed by atoms with Gasteiger partial charge >= 0.3 is 0 Å². The molecule has 6 heteroatoms. The number of hydrogen-bond acceptors (Lipinski definition) is 3. The first-order valence-corrected chi connectivity index (χ1v) is 9.42. The van der Waals surface area contributed by atoms with E-state index in [-0.39, 0.29) is 11.5 Å². The molecule has 3 aliphatic rings. The molecule has 0 unspecified atom stereocenters. The van der Waals surface area contributed by atoms with Gasteiger partial charge in [-0.15, -0.1) is 0 Å². The van der Waals surface area contributed by atoms with Crippen molar-refractivity contribution in [3.63, 3.8) is 0 Å². The Hall–Kier alpha value is -2.11. The maximum Gasteiger partial charge on any atom is 0.248 e. The van der Waals surface area contributed by atoms with Crippen LogP contribution in [0.2, 0.25) is 0 Å². The summed E-state index contributed by atoms with van der Waals surface area (Å²) >= 11 is 0. The van der Waals surface area contributed by atoms with Crippen molar-refractivity contribution in [2.75, 3.05) is 31.6 Å². The van der Waals surface area contributed by atoms with E-state index in [2.05, 4.69) is 14.9 Å². The predicted octanol–water partition coefficient (Wildman–Crippen LogP) is 2.05. The van der Waals surface area contributed by atoms with Crippen LogP contribution in [0.1, 0.15) is 50.6 Å². The Morgan fingerprint density at radius 3 is 2.52 bits per heavy atom. The van der Waals surface area contributed by atoms with Crippen molar-refractivity contribution in [1.29, 1.82) is 0 Å². The second-order valence-electron chi connectivity index (χ2n) is 7.45. The van der Waals surface area contributed by atoms with Gasteiger partial charge in [-0.1, -0.05) is 19.3 Å². The third kappa shape index (κ3) is 2.58. The number of carbonyl (C=O) groups excluding carboxylic acids is 1. The van der Waals surface area contributed by atoms with E-state index in [1.165, 1.54) is 18.9 Å². The van der Waals surface area contributed by atoms with E-state index in [4.69, 9.17) is 0 Å². The van der Waals surface area contributed by atoms with Gasteiger partial charge in [-0.05, 0) is 31.7 Å². The highest BCUT2D eigenvalue weighted by Gasteiger charge is 2.52. The summed E-state index contributed by atoms with van der Waals surface area (Å²) in [6.07, 6.45) is 7.27. The number of hydrogen-bond donors (Lipinski definition) is 1. The van der Waals surface area contributed by atoms with Crippen molar-refractivity contribution >= 4 is 17.4 Å². The maximum absolute atomic E-state index is 13.4. The van der Waals surface area contributed by atoms with Crippen molar-refractivity contribution in [1.82, 2.24) is 9.88 Å². The zero-order valence-electron chi connectivity index (χ0n) is 14.9. The van der Waals surface area contributed by atoms with E-state index < -0.39 is 5.41 Å². The van der Waals surface area contributed by atoms with Crippen LogP contribution in [0.4, 0.5) is 5.69 Å². The Morgan fingerprint density at radius 1 is 1.12 bits per heavy atom. The van der Waals surface area contributed by atoms with Gasteiger partial charge in [-0.2, -0.15) is 0 Å². The van der Waals surface area contributed by atoms with Gasteiger partial charge in [0, 0.05) is 26.2 Å². The predicted molar refractivity (Wildman–Crippen MR) is 98.3 cm³/mol. The van der Waals surface area contributed by atoms with E-state index in [1.54, 1.807) is 7.05 Å². The van der Waals surface area contributed by atoms with Crippen LogP contribution >= 0.6 is 0 Å². The summed E-state index contributed by atoms with van der Waals surface area (Å²) in [5.41, 5.74) is 1.05. The average Bonchev–Trinajstić information content (AvgIpc) is 3.23. The lowest BCUT2D eigenvalue weighted by atomic mass is 9.72. The summed E-state index contributed by atoms with van der Waals surface area (Å²) in [7, 11) is 1.80. The van der Waals surface area contributed by atoms with Gasteiger partial charge in [0.2, 0.25) is 11.5 Å². The van der Waals surface area contributed by atoms with Crippen molar-refractivity contribution in [2.45, 2.75) is 50.4 Å². The normalized spacial score (nSPS) is 22.8. The number of amides is 1. The minimum Gasteiger partial charge on any atom is -0.359 e. The second kappa shape index (κ2) is 6.32. The molecule has 4 rings (SSSR count). The van der Waals surface area contributed by atoms with Crippen molar-refractivity contribution in [3.8, 4) is 0 Å². The smallest absolute Gasteiger partial charge is 0.248 e. The molecule has 1 N–H and O–H groups in total. The molecule has 0 atom stereocenters. The number of nitrogens with one attached hydrogen (secondary N) is 1. The Morgan fingerprint density at radius 2 is 1.84 bits per heavy atom. The van der Waals surface area contributed by atoms with E-state index in [0.29, 0.717) is 6.54 Å². The highest BCUT2D eigenvalue weighted by molar-refractivity contribution is 6.10. The molecule has 1 amide bonds. The Bertz CT molecular complexity index is 755. The lowest BCUT2D eigenvalue weighted by molar-refractivity contribution is -0.124. The minimum atomic E-state index is -0.530. The number of anilines is 1. The Labute approximate surface area is 147 Å². The SMILES string of the molecule is CN=C(CN1C(=O)C2(CCCCC2)c2[nH]c(=O)ccc21)N1CCCC1. The van der Waals surface area contributed by atoms with Crippen LogP contribution in [0.25, 0.3) is 0 Å². The Kier molecular flexibility index (Phi) is 4.13. The molecule has 25 heavy (non-hydrogen) atoms. The fraction of sp³-hybridized carbons (Fsp3) is 0.632. The molecule has 0 bridgehead atoms. The molecular formula is C19H26N4O2. The summed E-state index contributed by atoms with van der Waals surface area (Å²) in [6, 6.07) is 3.34. The number of pyridine rings is 1. The molecule has 1 aromatic rings. The standard InChI is InChI=1S/C19H26N4O2/c1-20-15(22-11-5-6-12-22)13-23-14-7-8-16(24)21-17(14)19(18(23)25)9-3-2-4-10-19/h7-8H,2-6,9-13H2,1H3,(H,21,24). The number of carbonyl (C=O) groups is 1. The van der Waals surface area contributed by atoms with Crippen LogP contribution in [0.5, 0.6) is 0 Å². The summed E-state index contributed by atoms with van der Waals surface area (Å²) in [6.45, 7) is 2.52. The number of likely N-dealkylation sites (tertiary alicyclic amines) is 1. The molecule has 1 saturated heterocycles. The van der Waals surface area contributed by atoms with Crippen LogP contribution in [-0.4, -0.2) is 48.3 Å². The monoisotopic (exact) mass is 342 g/mol. The van der Waals surface area contributed by atoms with Crippen molar-refractivity contribution < 1.29 is 4.79 Å². The van der Waals surface area contributed by atoms with Crippen LogP contribution in [0.15, 0.2) is 21.9 Å². The zero-order valence-corrected chi connectivity index (χ0v) is 14.9. The fourth-order valence-corrected chi connectivity index (χ4v) is 4.74. The van der Waals surface area contributed by atoms with E-state index in [1.807, 2.05) is 11.0 Å². The third-order valence-corrected chi connectivity index (χ3v) is 6.06. The van der Waals surface area contributed by atoms with Crippen molar-refractivity contribution in [3.05, 3.63) is 28.2 Å². The first-order chi connectivity index (χ1) is 12.2. The molecule has 2 aliphatic heterocycles. The summed E-state index contributed by atoms with van der Waals surface area (Å²) in [5, 5.41) is 0. The molecule has 134 valence electrons. The largest absolute Gasteiger partial charge is 0.359 e. The van der Waals surface area contributed by atoms with E-state index in [9.17, 15) is 9.59 Å². The van der Waals surface area contributed by atoms with Gasteiger partial charge in [0.1, 0.15) is 5.84 Å². The molecular weight excluding hydrogens is 316 g/mol. The van der Waals surface area contributed by atoms with Crippen LogP contribution in [0.3, 0.4) is 0 Å². The fourth-order valence-electron chi connectivity index (χ4n) is 4.74. The Balaban J connectivity index is 1.71. The van der Waals surface area contributed by atoms with Crippen LogP contribution in [-0.2, 0) is 10.2 Å². The molecule has 0 aromatic carbocycles. The molecule has 1 spiro atoms. The lowest BCUT2D eigenvalue weighted by Gasteiger charge is -2.32. The van der Waals surface area contributed by atoms with Crippen LogP contribution in [0, 0.1) is 0 Å². The number of fused-ring (bicyclic) bond motifs is 2. The number of rotatable bonds is 2. The number of H-pyrrole nitrogens is 1. The molecule has 0 radical (unpaired) electrons. The average molecular weight is 342 g/mol. The number of nitrogens with zero attached hydrogens (tertiary/aromatic N) is 3. The zero-order chi connectivity index (χ0) is 17.4. The molecule has 1 saturated carbocycles. The highest BCUT2D eigenvalue weighted by atomic mass is 16.2. The molecule has 6 nitrogen and oxygen atoms in total. The van der Waals surface area contributed by atoms with Gasteiger partial charge in [-0.25, -0.2) is 0 Å². The molecule has 3 heterocycles. The van der Waals surface area contributed by atoms with E-state index >= 15 is 0 Å². The maximum atomic E-state index is 13.4. The van der Waals surface area contributed by atoms with Gasteiger partial charge in [0.05, 0.1) is 23.3 Å². The molecule has 1 aliphatic carbocycles. The lowest BCUT2D eigenvalue weighted by Crippen LogP contribution is -2.46. The van der Waals surface area contributed by atoms with Gasteiger partial charge in [0.15, 0.2) is 0 Å². The number of aliphatic imine (C=N–C) groups is 1. The number of aromatic nitrogens is 1. The minimum absolute atomic E-state index is 0.123. The van der Waals surface area contributed by atoms with E-state index in [0.717, 1.165) is 62.4 Å². The second-order valence-corrected chi connectivity index (χ2v) is 7.45. The highest BCUT2D eigenvalue weighted by Crippen LogP contribution is 2.48. The molecule has 1 aromatic heterocycles. The van der Waals surface area contributed by atoms with Gasteiger partial charge in [-0.3, -0.25) is 14.6 Å². The van der Waals surface area contributed by atoms with Gasteiger partial charge in [0.25, 0.3) is 0 Å². The topological polar surface area (TPSA) is 68.8 Å². The first-order valence-electron chi connectivity index (χ1n) is 9.42. The third-order valence-electron chi connectivity index (χ3n) is 6.06. The van der Waals surface area contributed by atoms with Gasteiger partial charge < -0.3 is 14.8 Å².